The molecular weight excluding hydrogens is 178 g/mol. The zero-order valence-electron chi connectivity index (χ0n) is 7.98. The van der Waals surface area contributed by atoms with Gasteiger partial charge in [-0.1, -0.05) is 6.58 Å². The van der Waals surface area contributed by atoms with Crippen molar-refractivity contribution in [2.24, 2.45) is 4.99 Å². The minimum absolute atomic E-state index is 0.00777. The van der Waals surface area contributed by atoms with Gasteiger partial charge in [-0.15, -0.1) is 0 Å². The maximum Gasteiger partial charge on any atom is 0.0957 e. The van der Waals surface area contributed by atoms with E-state index in [4.69, 9.17) is 5.11 Å². The highest BCUT2D eigenvalue weighted by Gasteiger charge is 2.48. The Labute approximate surface area is 82.6 Å². The summed E-state index contributed by atoms with van der Waals surface area (Å²) in [5, 5.41) is 9.12. The van der Waals surface area contributed by atoms with Gasteiger partial charge in [0.15, 0.2) is 0 Å². The number of aliphatic hydroxyl groups is 1. The highest BCUT2D eigenvalue weighted by Crippen LogP contribution is 2.49. The van der Waals surface area contributed by atoms with Crippen LogP contribution >= 0.6 is 0 Å². The number of aromatic nitrogens is 2. The molecule has 1 aromatic rings. The molecule has 0 atom stereocenters. The van der Waals surface area contributed by atoms with E-state index in [9.17, 15) is 0 Å². The summed E-state index contributed by atoms with van der Waals surface area (Å²) in [6.45, 7) is 7.36. The van der Waals surface area contributed by atoms with Crippen molar-refractivity contribution in [2.75, 3.05) is 0 Å². The van der Waals surface area contributed by atoms with Gasteiger partial charge < -0.3 is 9.67 Å². The van der Waals surface area contributed by atoms with Crippen molar-refractivity contribution in [3.63, 3.8) is 0 Å². The smallest absolute Gasteiger partial charge is 0.0957 e. The fourth-order valence-electron chi connectivity index (χ4n) is 1.76. The first kappa shape index (κ1) is 9.15. The minimum Gasteiger partial charge on any atom is -0.390 e. The fourth-order valence-corrected chi connectivity index (χ4v) is 1.76. The molecule has 1 aromatic heterocycles. The van der Waals surface area contributed by atoms with Crippen molar-refractivity contribution in [3.05, 3.63) is 30.5 Å². The van der Waals surface area contributed by atoms with Gasteiger partial charge in [-0.25, -0.2) is 4.98 Å². The van der Waals surface area contributed by atoms with E-state index < -0.39 is 0 Å². The molecule has 0 radical (unpaired) electrons. The lowest BCUT2D eigenvalue weighted by Crippen LogP contribution is -2.19. The highest BCUT2D eigenvalue weighted by molar-refractivity contribution is 5.34. The number of allylic oxidation sites excluding steroid dienone is 1. The summed E-state index contributed by atoms with van der Waals surface area (Å²) in [6.07, 6.45) is 5.37. The number of aliphatic hydroxyl groups excluding tert-OH is 1. The normalized spacial score (nSPS) is 17.8. The summed E-state index contributed by atoms with van der Waals surface area (Å²) < 4.78 is 1.95. The molecule has 14 heavy (non-hydrogen) atoms. The van der Waals surface area contributed by atoms with Crippen molar-refractivity contribution in [3.8, 4) is 0 Å². The lowest BCUT2D eigenvalue weighted by molar-refractivity contribution is 0.266. The zero-order chi connectivity index (χ0) is 10.2. The van der Waals surface area contributed by atoms with Gasteiger partial charge in [0, 0.05) is 0 Å². The number of aliphatic imine (C=N–C) groups is 1. The molecule has 2 rings (SSSR count). The van der Waals surface area contributed by atoms with Crippen molar-refractivity contribution in [1.29, 1.82) is 0 Å². The number of nitrogens with zero attached hydrogens (tertiary/aromatic N) is 3. The lowest BCUT2D eigenvalue weighted by Gasteiger charge is -2.18. The summed E-state index contributed by atoms with van der Waals surface area (Å²) >= 11 is 0. The lowest BCUT2D eigenvalue weighted by atomic mass is 10.2. The molecule has 0 saturated heterocycles. The third kappa shape index (κ3) is 1.11. The van der Waals surface area contributed by atoms with E-state index in [-0.39, 0.29) is 12.1 Å². The van der Waals surface area contributed by atoms with Crippen LogP contribution in [0.4, 0.5) is 0 Å². The van der Waals surface area contributed by atoms with Gasteiger partial charge in [0.25, 0.3) is 0 Å². The average molecular weight is 191 g/mol. The fraction of sp³-hybridized carbons (Fsp3) is 0.400. The molecule has 1 heterocycles. The summed E-state index contributed by atoms with van der Waals surface area (Å²) in [4.78, 5) is 7.90. The van der Waals surface area contributed by atoms with Gasteiger partial charge in [0.1, 0.15) is 0 Å². The maximum atomic E-state index is 9.12. The van der Waals surface area contributed by atoms with Crippen LogP contribution in [0.2, 0.25) is 0 Å². The predicted octanol–water partition coefficient (Wildman–Crippen LogP) is 1.08. The van der Waals surface area contributed by atoms with E-state index >= 15 is 0 Å². The number of rotatable bonds is 4. The number of hydrogen-bond donors (Lipinski definition) is 1. The first-order chi connectivity index (χ1) is 6.74. The van der Waals surface area contributed by atoms with Gasteiger partial charge in [0.2, 0.25) is 0 Å². The molecule has 0 aliphatic heterocycles. The predicted molar refractivity (Wildman–Crippen MR) is 54.0 cm³/mol. The Kier molecular flexibility index (Phi) is 2.00. The van der Waals surface area contributed by atoms with E-state index in [1.165, 1.54) is 0 Å². The van der Waals surface area contributed by atoms with E-state index in [0.717, 1.165) is 24.2 Å². The topological polar surface area (TPSA) is 50.4 Å². The van der Waals surface area contributed by atoms with Crippen molar-refractivity contribution < 1.29 is 5.11 Å². The second kappa shape index (κ2) is 3.06. The van der Waals surface area contributed by atoms with E-state index in [2.05, 4.69) is 23.3 Å². The number of hydrogen-bond acceptors (Lipinski definition) is 3. The van der Waals surface area contributed by atoms with Crippen LogP contribution < -0.4 is 0 Å². The van der Waals surface area contributed by atoms with Gasteiger partial charge >= 0.3 is 0 Å². The molecule has 0 aromatic carbocycles. The molecule has 1 aliphatic carbocycles. The van der Waals surface area contributed by atoms with Crippen LogP contribution in [0.25, 0.3) is 0 Å². The molecule has 4 nitrogen and oxygen atoms in total. The van der Waals surface area contributed by atoms with Crippen LogP contribution in [0.1, 0.15) is 18.5 Å². The monoisotopic (exact) mass is 191 g/mol. The van der Waals surface area contributed by atoms with Gasteiger partial charge in [-0.05, 0) is 19.6 Å². The van der Waals surface area contributed by atoms with Crippen molar-refractivity contribution in [1.82, 2.24) is 9.55 Å². The maximum absolute atomic E-state index is 9.12. The Morgan fingerprint density at radius 3 is 2.93 bits per heavy atom. The Morgan fingerprint density at radius 2 is 2.43 bits per heavy atom. The van der Waals surface area contributed by atoms with Crippen LogP contribution in [-0.4, -0.2) is 21.4 Å². The molecule has 0 spiro atoms. The largest absolute Gasteiger partial charge is 0.390 e. The van der Waals surface area contributed by atoms with Crippen molar-refractivity contribution in [2.45, 2.75) is 25.0 Å². The molecule has 1 saturated carbocycles. The summed E-state index contributed by atoms with van der Waals surface area (Å²) in [6, 6.07) is 0. The van der Waals surface area contributed by atoms with Crippen LogP contribution in [0.5, 0.6) is 0 Å². The Balaban J connectivity index is 2.39. The standard InChI is InChI=1S/C10H13N3O/c1-8(11-2)10(3-4-10)13-7-12-5-9(13)6-14/h5,7,14H,1-4,6H2. The van der Waals surface area contributed by atoms with E-state index in [1.54, 1.807) is 12.5 Å². The van der Waals surface area contributed by atoms with E-state index in [0.29, 0.717) is 0 Å². The quantitative estimate of drug-likeness (QED) is 0.724. The molecule has 1 N–H and O–H groups in total. The first-order valence-corrected chi connectivity index (χ1v) is 4.53. The van der Waals surface area contributed by atoms with Crippen LogP contribution in [0.15, 0.2) is 29.8 Å². The second-order valence-electron chi connectivity index (χ2n) is 3.55. The Morgan fingerprint density at radius 1 is 1.71 bits per heavy atom. The summed E-state index contributed by atoms with van der Waals surface area (Å²) in [5.74, 6) is 0. The Bertz CT molecular complexity index is 376. The van der Waals surface area contributed by atoms with Crippen LogP contribution in [0, 0.1) is 0 Å². The molecule has 0 bridgehead atoms. The molecule has 74 valence electrons. The third-order valence-electron chi connectivity index (χ3n) is 2.79. The molecule has 1 aliphatic rings. The molecule has 0 amide bonds. The minimum atomic E-state index is -0.156. The average Bonchev–Trinajstić information content (AvgIpc) is 2.88. The molecular formula is C10H13N3O. The first-order valence-electron chi connectivity index (χ1n) is 4.53. The van der Waals surface area contributed by atoms with Crippen molar-refractivity contribution >= 4 is 6.72 Å². The van der Waals surface area contributed by atoms with Gasteiger partial charge in [0.05, 0.1) is 36.1 Å². The molecule has 1 fully saturated rings. The summed E-state index contributed by atoms with van der Waals surface area (Å²) in [7, 11) is 0. The highest BCUT2D eigenvalue weighted by atomic mass is 16.3. The Hall–Kier alpha value is -1.42. The van der Waals surface area contributed by atoms with E-state index in [1.807, 2.05) is 4.57 Å². The SMILES string of the molecule is C=NC(=C)C1(n2cncc2CO)CC1. The number of imidazole rings is 1. The van der Waals surface area contributed by atoms with Crippen LogP contribution in [0.3, 0.4) is 0 Å². The zero-order valence-corrected chi connectivity index (χ0v) is 7.98. The summed E-state index contributed by atoms with van der Waals surface area (Å²) in [5.41, 5.74) is 1.40. The molecule has 4 heteroatoms. The molecule has 0 unspecified atom stereocenters. The van der Waals surface area contributed by atoms with Crippen LogP contribution in [-0.2, 0) is 12.1 Å². The van der Waals surface area contributed by atoms with Gasteiger partial charge in [-0.2, -0.15) is 0 Å². The van der Waals surface area contributed by atoms with Gasteiger partial charge in [-0.3, -0.25) is 4.99 Å². The third-order valence-corrected chi connectivity index (χ3v) is 2.79. The second-order valence-corrected chi connectivity index (χ2v) is 3.55.